The van der Waals surface area contributed by atoms with Crippen LogP contribution in [0.15, 0.2) is 11.8 Å². The summed E-state index contributed by atoms with van der Waals surface area (Å²) in [5, 5.41) is 17.8. The van der Waals surface area contributed by atoms with Crippen molar-refractivity contribution in [2.24, 2.45) is 0 Å². The topological polar surface area (TPSA) is 57.5 Å². The van der Waals surface area contributed by atoms with Crippen molar-refractivity contribution in [2.75, 3.05) is 0 Å². The van der Waals surface area contributed by atoms with Crippen molar-refractivity contribution in [1.29, 1.82) is 0 Å². The van der Waals surface area contributed by atoms with Gasteiger partial charge in [0, 0.05) is 6.42 Å². The second kappa shape index (κ2) is 2.87. The maximum absolute atomic E-state index is 10.9. The number of Topliss-reactive ketones (excluding diaryl/α,β-unsaturated/α-hetero) is 1. The van der Waals surface area contributed by atoms with Gasteiger partial charge in [-0.1, -0.05) is 22.6 Å². The van der Waals surface area contributed by atoms with Crippen LogP contribution in [-0.4, -0.2) is 26.0 Å². The highest BCUT2D eigenvalue weighted by atomic mass is 127. The fraction of sp³-hybridized carbons (Fsp3) is 0.500. The molecule has 0 radical (unpaired) electrons. The molecule has 56 valence electrons. The fourth-order valence-electron chi connectivity index (χ4n) is 0.802. The second-order valence-corrected chi connectivity index (χ2v) is 3.68. The molecule has 4 heteroatoms. The first-order chi connectivity index (χ1) is 4.61. The third-order valence-electron chi connectivity index (χ3n) is 1.34. The van der Waals surface area contributed by atoms with Crippen molar-refractivity contribution in [3.8, 4) is 0 Å². The summed E-state index contributed by atoms with van der Waals surface area (Å²) in [5.41, 5.74) is 0. The summed E-state index contributed by atoms with van der Waals surface area (Å²) < 4.78 is -0.280. The van der Waals surface area contributed by atoms with Crippen LogP contribution >= 0.6 is 22.6 Å². The number of carbonyl (C=O) groups is 1. The van der Waals surface area contributed by atoms with Gasteiger partial charge in [0.2, 0.25) is 0 Å². The van der Waals surface area contributed by atoms with E-state index < -0.39 is 6.10 Å². The van der Waals surface area contributed by atoms with Crippen LogP contribution in [0.5, 0.6) is 0 Å². The van der Waals surface area contributed by atoms with Gasteiger partial charge in [0.1, 0.15) is 6.10 Å². The first kappa shape index (κ1) is 8.00. The van der Waals surface area contributed by atoms with Gasteiger partial charge >= 0.3 is 0 Å². The molecule has 0 unspecified atom stereocenters. The molecule has 2 atom stereocenters. The number of hydrogen-bond donors (Lipinski definition) is 2. The van der Waals surface area contributed by atoms with Gasteiger partial charge < -0.3 is 10.2 Å². The number of hydrogen-bond acceptors (Lipinski definition) is 3. The van der Waals surface area contributed by atoms with E-state index in [2.05, 4.69) is 0 Å². The molecule has 0 heterocycles. The lowest BCUT2D eigenvalue weighted by molar-refractivity contribution is -0.124. The fourth-order valence-corrected chi connectivity index (χ4v) is 1.62. The highest BCUT2D eigenvalue weighted by Gasteiger charge is 2.27. The van der Waals surface area contributed by atoms with Gasteiger partial charge in [0.25, 0.3) is 0 Å². The quantitative estimate of drug-likeness (QED) is 0.490. The Morgan fingerprint density at radius 3 is 2.80 bits per heavy atom. The van der Waals surface area contributed by atoms with Gasteiger partial charge in [0.15, 0.2) is 5.78 Å². The van der Waals surface area contributed by atoms with Gasteiger partial charge in [-0.05, 0) is 6.08 Å². The van der Waals surface area contributed by atoms with Crippen molar-refractivity contribution in [3.63, 3.8) is 0 Å². The van der Waals surface area contributed by atoms with Crippen LogP contribution < -0.4 is 0 Å². The zero-order valence-corrected chi connectivity index (χ0v) is 7.28. The van der Waals surface area contributed by atoms with E-state index >= 15 is 0 Å². The highest BCUT2D eigenvalue weighted by molar-refractivity contribution is 14.1. The van der Waals surface area contributed by atoms with Gasteiger partial charge in [-0.2, -0.15) is 0 Å². The maximum Gasteiger partial charge on any atom is 0.178 e. The third-order valence-corrected chi connectivity index (χ3v) is 2.39. The minimum Gasteiger partial charge on any atom is -0.512 e. The molecule has 0 aromatic rings. The van der Waals surface area contributed by atoms with Crippen LogP contribution in [0.4, 0.5) is 0 Å². The van der Waals surface area contributed by atoms with Crippen molar-refractivity contribution in [1.82, 2.24) is 0 Å². The summed E-state index contributed by atoms with van der Waals surface area (Å²) in [4.78, 5) is 10.9. The molecule has 10 heavy (non-hydrogen) atoms. The van der Waals surface area contributed by atoms with Crippen LogP contribution in [0, 0.1) is 0 Å². The monoisotopic (exact) mass is 254 g/mol. The Bertz CT molecular complexity index is 187. The standard InChI is InChI=1S/C6H7IO3/c7-4-1-3(8)2-5(9)6(4)10/h2,4-5,8-9H,1H2/t4-,5+/m0/s1. The molecule has 0 aromatic heterocycles. The van der Waals surface area contributed by atoms with Crippen LogP contribution in [-0.2, 0) is 4.79 Å². The number of aliphatic hydroxyl groups excluding tert-OH is 2. The number of allylic oxidation sites excluding steroid dienone is 1. The summed E-state index contributed by atoms with van der Waals surface area (Å²) in [6, 6.07) is 0. The van der Waals surface area contributed by atoms with E-state index in [-0.39, 0.29) is 15.5 Å². The SMILES string of the molecule is O=C1[C@H](O)C=C(O)C[C@@H]1I. The van der Waals surface area contributed by atoms with Crippen molar-refractivity contribution < 1.29 is 15.0 Å². The zero-order chi connectivity index (χ0) is 7.72. The first-order valence-electron chi connectivity index (χ1n) is 2.87. The second-order valence-electron chi connectivity index (χ2n) is 2.18. The predicted octanol–water partition coefficient (Wildman–Crippen LogP) is 0.566. The molecule has 0 fully saturated rings. The Morgan fingerprint density at radius 1 is 1.70 bits per heavy atom. The van der Waals surface area contributed by atoms with Gasteiger partial charge in [0.05, 0.1) is 9.68 Å². The summed E-state index contributed by atoms with van der Waals surface area (Å²) in [6.07, 6.45) is 0.421. The molecular weight excluding hydrogens is 247 g/mol. The van der Waals surface area contributed by atoms with E-state index in [1.54, 1.807) is 0 Å². The third kappa shape index (κ3) is 1.49. The zero-order valence-electron chi connectivity index (χ0n) is 5.12. The molecule has 0 aliphatic heterocycles. The highest BCUT2D eigenvalue weighted by Crippen LogP contribution is 2.20. The number of alkyl halides is 1. The van der Waals surface area contributed by atoms with E-state index in [0.29, 0.717) is 6.42 Å². The molecule has 1 aliphatic rings. The Labute approximate surface area is 71.9 Å². The molecule has 1 rings (SSSR count). The van der Waals surface area contributed by atoms with Crippen molar-refractivity contribution in [2.45, 2.75) is 16.4 Å². The Kier molecular flexibility index (Phi) is 2.30. The van der Waals surface area contributed by atoms with E-state index in [1.165, 1.54) is 6.08 Å². The van der Waals surface area contributed by atoms with Crippen LogP contribution in [0.2, 0.25) is 0 Å². The van der Waals surface area contributed by atoms with Crippen molar-refractivity contribution in [3.05, 3.63) is 11.8 Å². The maximum atomic E-state index is 10.9. The Morgan fingerprint density at radius 2 is 2.30 bits per heavy atom. The molecule has 1 aliphatic carbocycles. The van der Waals surface area contributed by atoms with Gasteiger partial charge in [-0.15, -0.1) is 0 Å². The summed E-state index contributed by atoms with van der Waals surface area (Å²) in [7, 11) is 0. The van der Waals surface area contributed by atoms with Crippen LogP contribution in [0.25, 0.3) is 0 Å². The van der Waals surface area contributed by atoms with E-state index in [9.17, 15) is 4.79 Å². The Balaban J connectivity index is 2.79. The van der Waals surface area contributed by atoms with E-state index in [4.69, 9.17) is 10.2 Å². The Hall–Kier alpha value is -0.100. The molecular formula is C6H7IO3. The molecule has 3 nitrogen and oxygen atoms in total. The van der Waals surface area contributed by atoms with Gasteiger partial charge in [-0.25, -0.2) is 0 Å². The molecule has 0 saturated heterocycles. The molecule has 0 bridgehead atoms. The lowest BCUT2D eigenvalue weighted by Gasteiger charge is -2.16. The molecule has 0 spiro atoms. The minimum absolute atomic E-state index is 0.103. The molecule has 0 amide bonds. The summed E-state index contributed by atoms with van der Waals surface area (Å²) in [5.74, 6) is -0.120. The number of rotatable bonds is 0. The largest absolute Gasteiger partial charge is 0.512 e. The molecule has 2 N–H and O–H groups in total. The number of aliphatic hydroxyl groups is 2. The predicted molar refractivity (Wildman–Crippen MR) is 44.2 cm³/mol. The van der Waals surface area contributed by atoms with Crippen LogP contribution in [0.1, 0.15) is 6.42 Å². The molecule has 0 saturated carbocycles. The van der Waals surface area contributed by atoms with Crippen molar-refractivity contribution >= 4 is 28.4 Å². The van der Waals surface area contributed by atoms with Gasteiger partial charge in [-0.3, -0.25) is 4.79 Å². The smallest absolute Gasteiger partial charge is 0.178 e. The first-order valence-corrected chi connectivity index (χ1v) is 4.11. The lowest BCUT2D eigenvalue weighted by atomic mass is 10.0. The number of carbonyl (C=O) groups excluding carboxylic acids is 1. The average molecular weight is 254 g/mol. The number of halogens is 1. The lowest BCUT2D eigenvalue weighted by Crippen LogP contribution is -2.31. The summed E-state index contributed by atoms with van der Waals surface area (Å²) in [6.45, 7) is 0. The van der Waals surface area contributed by atoms with Crippen LogP contribution in [0.3, 0.4) is 0 Å². The minimum atomic E-state index is -1.10. The summed E-state index contributed by atoms with van der Waals surface area (Å²) >= 11 is 1.90. The molecule has 0 aromatic carbocycles. The average Bonchev–Trinajstić information content (AvgIpc) is 1.82. The van der Waals surface area contributed by atoms with E-state index in [0.717, 1.165) is 0 Å². The normalized spacial score (nSPS) is 33.8. The number of ketones is 1. The van der Waals surface area contributed by atoms with E-state index in [1.807, 2.05) is 22.6 Å².